The molecule has 0 aromatic heterocycles. The highest BCUT2D eigenvalue weighted by Crippen LogP contribution is 2.47. The van der Waals surface area contributed by atoms with Crippen molar-refractivity contribution >= 4 is 23.2 Å². The fraction of sp³-hybridized carbons (Fsp3) is 0.409. The zero-order valence-corrected chi connectivity index (χ0v) is 30.9. The van der Waals surface area contributed by atoms with Crippen LogP contribution in [0.5, 0.6) is 11.5 Å². The molecular weight excluding hydrogens is 698 g/mol. The van der Waals surface area contributed by atoms with Gasteiger partial charge in [-0.05, 0) is 72.2 Å². The number of aromatic hydroxyl groups is 1. The molecule has 2 amide bonds. The van der Waals surface area contributed by atoms with Crippen LogP contribution in [-0.2, 0) is 16.1 Å². The number of hydrogen-bond acceptors (Lipinski definition) is 9. The van der Waals surface area contributed by atoms with Crippen LogP contribution in [0.25, 0.3) is 0 Å². The van der Waals surface area contributed by atoms with Gasteiger partial charge in [0.15, 0.2) is 0 Å². The number of anilines is 2. The number of fused-ring (bicyclic) bond motifs is 2. The van der Waals surface area contributed by atoms with Crippen molar-refractivity contribution < 1.29 is 28.9 Å². The molecule has 3 fully saturated rings. The molecule has 9 rings (SSSR count). The molecule has 11 heteroatoms. The van der Waals surface area contributed by atoms with Crippen LogP contribution in [0.2, 0.25) is 0 Å². The maximum Gasteiger partial charge on any atom is 0.244 e. The van der Waals surface area contributed by atoms with Crippen molar-refractivity contribution in [3.05, 3.63) is 119 Å². The number of aliphatic hydroxyl groups excluding tert-OH is 1. The van der Waals surface area contributed by atoms with E-state index in [2.05, 4.69) is 68.5 Å². The number of nitrogens with zero attached hydrogens (tertiary/aromatic N) is 4. The van der Waals surface area contributed by atoms with E-state index in [0.717, 1.165) is 75.5 Å². The van der Waals surface area contributed by atoms with Crippen molar-refractivity contribution in [2.24, 2.45) is 5.92 Å². The topological polar surface area (TPSA) is 109 Å². The van der Waals surface area contributed by atoms with E-state index in [-0.39, 0.29) is 35.7 Å². The largest absolute Gasteiger partial charge is 0.508 e. The molecule has 10 nitrogen and oxygen atoms in total. The molecule has 0 aliphatic carbocycles. The van der Waals surface area contributed by atoms with E-state index in [4.69, 9.17) is 4.74 Å². The summed E-state index contributed by atoms with van der Waals surface area (Å²) in [5, 5.41) is 23.5. The van der Waals surface area contributed by atoms with E-state index in [0.29, 0.717) is 36.7 Å². The summed E-state index contributed by atoms with van der Waals surface area (Å²) in [5.74, 6) is 0.805. The summed E-state index contributed by atoms with van der Waals surface area (Å²) in [5.41, 5.74) is 6.70. The Labute approximate surface area is 321 Å². The van der Waals surface area contributed by atoms with Gasteiger partial charge in [0.25, 0.3) is 0 Å². The second kappa shape index (κ2) is 14.9. The molecule has 4 aromatic rings. The molecule has 3 saturated heterocycles. The first-order valence-electron chi connectivity index (χ1n) is 19.7. The van der Waals surface area contributed by atoms with Gasteiger partial charge in [0.2, 0.25) is 11.8 Å². The predicted octanol–water partition coefficient (Wildman–Crippen LogP) is 5.49. The fourth-order valence-electron chi connectivity index (χ4n) is 9.58. The number of halogens is 1. The Bertz CT molecular complexity index is 2050. The number of amides is 2. The van der Waals surface area contributed by atoms with Gasteiger partial charge in [0.1, 0.15) is 23.5 Å². The van der Waals surface area contributed by atoms with Crippen molar-refractivity contribution in [3.8, 4) is 11.5 Å². The number of benzene rings is 4. The highest BCUT2D eigenvalue weighted by molar-refractivity contribution is 6.00. The molecule has 3 unspecified atom stereocenters. The lowest BCUT2D eigenvalue weighted by Gasteiger charge is -2.40. The molecular formula is C44H48FN5O5. The number of nitrogens with one attached hydrogen (secondary N) is 1. The van der Waals surface area contributed by atoms with Crippen LogP contribution in [0.4, 0.5) is 15.8 Å². The molecule has 55 heavy (non-hydrogen) atoms. The van der Waals surface area contributed by atoms with Crippen LogP contribution in [-0.4, -0.2) is 90.3 Å². The second-order valence-corrected chi connectivity index (χ2v) is 15.9. The van der Waals surface area contributed by atoms with Crippen LogP contribution in [0.3, 0.4) is 0 Å². The average Bonchev–Trinajstić information content (AvgIpc) is 3.52. The predicted molar refractivity (Wildman–Crippen MR) is 208 cm³/mol. The highest BCUT2D eigenvalue weighted by atomic mass is 19.1. The summed E-state index contributed by atoms with van der Waals surface area (Å²) in [4.78, 5) is 32.9. The monoisotopic (exact) mass is 745 g/mol. The number of piperazine rings is 1. The zero-order valence-electron chi connectivity index (χ0n) is 30.9. The number of ether oxygens (including phenoxy) is 1. The third-order valence-corrected chi connectivity index (χ3v) is 12.6. The zero-order chi connectivity index (χ0) is 37.6. The summed E-state index contributed by atoms with van der Waals surface area (Å²) < 4.78 is 21.7. The molecule has 5 heterocycles. The van der Waals surface area contributed by atoms with Crippen LogP contribution in [0, 0.1) is 11.7 Å². The van der Waals surface area contributed by atoms with E-state index >= 15 is 4.39 Å². The summed E-state index contributed by atoms with van der Waals surface area (Å²) >= 11 is 0. The van der Waals surface area contributed by atoms with Gasteiger partial charge in [-0.3, -0.25) is 24.7 Å². The minimum Gasteiger partial charge on any atom is -0.508 e. The normalized spacial score (nSPS) is 25.0. The number of hydrogen-bond donors (Lipinski definition) is 3. The molecule has 0 radical (unpaired) electrons. The number of carbonyl (C=O) groups is 2. The van der Waals surface area contributed by atoms with Crippen molar-refractivity contribution in [1.82, 2.24) is 15.1 Å². The number of aliphatic hydroxyl groups is 1. The summed E-state index contributed by atoms with van der Waals surface area (Å²) in [6.07, 6.45) is 1.74. The molecule has 5 aliphatic heterocycles. The molecule has 5 aliphatic rings. The van der Waals surface area contributed by atoms with Gasteiger partial charge >= 0.3 is 0 Å². The van der Waals surface area contributed by atoms with Crippen molar-refractivity contribution in [1.29, 1.82) is 0 Å². The lowest BCUT2D eigenvalue weighted by molar-refractivity contribution is -0.141. The number of phenolic OH excluding ortho intramolecular Hbond substituents is 1. The lowest BCUT2D eigenvalue weighted by atomic mass is 9.76. The Balaban J connectivity index is 0.789. The molecule has 0 spiro atoms. The van der Waals surface area contributed by atoms with Crippen LogP contribution in [0.15, 0.2) is 84.9 Å². The van der Waals surface area contributed by atoms with E-state index in [9.17, 15) is 19.8 Å². The Morgan fingerprint density at radius 2 is 1.56 bits per heavy atom. The van der Waals surface area contributed by atoms with Gasteiger partial charge in [-0.25, -0.2) is 4.39 Å². The molecule has 4 aromatic carbocycles. The van der Waals surface area contributed by atoms with E-state index in [1.54, 1.807) is 17.0 Å². The first kappa shape index (κ1) is 35.7. The SMILES string of the molecule is O=C1CCC(N2Cc3cc(N4CCN(CC5CCN(c6ccc([C@@H]7c8ccc(O)cc8OCC7c7ccccc7)cc6)CC5)CC4)c(F)cc3C2O)C(=O)N1. The average molecular weight is 746 g/mol. The quantitative estimate of drug-likeness (QED) is 0.212. The van der Waals surface area contributed by atoms with Gasteiger partial charge in [-0.2, -0.15) is 0 Å². The Hall–Kier alpha value is -4.97. The van der Waals surface area contributed by atoms with Crippen LogP contribution < -0.4 is 19.9 Å². The molecule has 286 valence electrons. The summed E-state index contributed by atoms with van der Waals surface area (Å²) in [6.45, 7) is 7.14. The van der Waals surface area contributed by atoms with Gasteiger partial charge in [-0.1, -0.05) is 48.5 Å². The lowest BCUT2D eigenvalue weighted by Crippen LogP contribution is -2.51. The van der Waals surface area contributed by atoms with Crippen molar-refractivity contribution in [2.45, 2.75) is 56.3 Å². The third kappa shape index (κ3) is 7.05. The van der Waals surface area contributed by atoms with Crippen molar-refractivity contribution in [3.63, 3.8) is 0 Å². The number of imide groups is 1. The maximum atomic E-state index is 15.5. The second-order valence-electron chi connectivity index (χ2n) is 15.9. The molecule has 0 bridgehead atoms. The van der Waals surface area contributed by atoms with Crippen LogP contribution in [0.1, 0.15) is 71.6 Å². The van der Waals surface area contributed by atoms with E-state index in [1.807, 2.05) is 18.2 Å². The third-order valence-electron chi connectivity index (χ3n) is 12.6. The maximum absolute atomic E-state index is 15.5. The van der Waals surface area contributed by atoms with E-state index < -0.39 is 18.2 Å². The molecule has 0 saturated carbocycles. The van der Waals surface area contributed by atoms with Gasteiger partial charge in [-0.15, -0.1) is 0 Å². The number of phenols is 1. The Kier molecular flexibility index (Phi) is 9.70. The number of carbonyl (C=O) groups excluding carboxylic acids is 2. The minimum absolute atomic E-state index is 0.120. The standard InChI is InChI=1S/C44H48FN5O5/c45-37-24-35-31(26-50(44(35)54)38-12-13-41(52)46-43(38)53)22-39(37)49-20-18-47(19-21-49)25-28-14-16-48(17-15-28)32-8-6-30(7-9-32)42-34-11-10-33(51)23-40(34)55-27-36(42)29-4-2-1-3-5-29/h1-11,22-24,28,36,38,42,44,51,54H,12-21,25-27H2,(H,46,52,53)/t36?,38?,42-,44?/m1/s1. The van der Waals surface area contributed by atoms with Gasteiger partial charge in [0, 0.05) is 93.5 Å². The van der Waals surface area contributed by atoms with E-state index in [1.165, 1.54) is 22.9 Å². The number of piperidine rings is 2. The summed E-state index contributed by atoms with van der Waals surface area (Å²) in [6, 6.07) is 27.7. The number of rotatable bonds is 7. The summed E-state index contributed by atoms with van der Waals surface area (Å²) in [7, 11) is 0. The minimum atomic E-state index is -1.08. The molecule has 3 N–H and O–H groups in total. The molecule has 4 atom stereocenters. The Morgan fingerprint density at radius 3 is 2.31 bits per heavy atom. The first-order valence-corrected chi connectivity index (χ1v) is 19.7. The fourth-order valence-corrected chi connectivity index (χ4v) is 9.58. The first-order chi connectivity index (χ1) is 26.8. The van der Waals surface area contributed by atoms with Crippen LogP contribution >= 0.6 is 0 Å². The van der Waals surface area contributed by atoms with Gasteiger partial charge in [0.05, 0.1) is 18.3 Å². The van der Waals surface area contributed by atoms with Gasteiger partial charge < -0.3 is 24.7 Å². The smallest absolute Gasteiger partial charge is 0.244 e. The Morgan fingerprint density at radius 1 is 0.800 bits per heavy atom. The van der Waals surface area contributed by atoms with Crippen molar-refractivity contribution in [2.75, 3.05) is 62.2 Å². The highest BCUT2D eigenvalue weighted by Gasteiger charge is 2.41.